The minimum atomic E-state index is -0.665. The van der Waals surface area contributed by atoms with Crippen LogP contribution in [0.2, 0.25) is 0 Å². The van der Waals surface area contributed by atoms with E-state index in [0.717, 1.165) is 0 Å². The van der Waals surface area contributed by atoms with Crippen LogP contribution in [0, 0.1) is 6.92 Å². The number of ether oxygens (including phenoxy) is 1. The molecule has 0 fully saturated rings. The summed E-state index contributed by atoms with van der Waals surface area (Å²) in [7, 11) is 1.33. The Morgan fingerprint density at radius 3 is 2.50 bits per heavy atom. The number of aromatic nitrogens is 1. The van der Waals surface area contributed by atoms with Crippen LogP contribution in [0.3, 0.4) is 0 Å². The van der Waals surface area contributed by atoms with Gasteiger partial charge in [0.15, 0.2) is 0 Å². The van der Waals surface area contributed by atoms with Gasteiger partial charge in [0.1, 0.15) is 10.9 Å². The van der Waals surface area contributed by atoms with Crippen molar-refractivity contribution in [3.05, 3.63) is 46.4 Å². The predicted octanol–water partition coefficient (Wildman–Crippen LogP) is 3.05. The van der Waals surface area contributed by atoms with Gasteiger partial charge in [0.2, 0.25) is 0 Å². The van der Waals surface area contributed by atoms with Crippen molar-refractivity contribution in [1.82, 2.24) is 4.98 Å². The monoisotopic (exact) mass is 318 g/mol. The van der Waals surface area contributed by atoms with Crippen LogP contribution >= 0.6 is 11.3 Å². The van der Waals surface area contributed by atoms with Crippen LogP contribution < -0.4 is 4.90 Å². The average Bonchev–Trinajstić information content (AvgIpc) is 2.98. The third-order valence-corrected chi connectivity index (χ3v) is 4.28. The van der Waals surface area contributed by atoms with Gasteiger partial charge in [-0.15, -0.1) is 11.3 Å². The molecule has 116 valence electrons. The van der Waals surface area contributed by atoms with E-state index in [1.807, 2.05) is 25.1 Å². The smallest absolute Gasteiger partial charge is 0.328 e. The molecular weight excluding hydrogens is 300 g/mol. The number of anilines is 1. The number of thiazole rings is 1. The maximum Gasteiger partial charge on any atom is 0.328 e. The summed E-state index contributed by atoms with van der Waals surface area (Å²) in [4.78, 5) is 31.2. The predicted molar refractivity (Wildman–Crippen MR) is 86.2 cm³/mol. The van der Waals surface area contributed by atoms with Gasteiger partial charge in [-0.2, -0.15) is 0 Å². The highest BCUT2D eigenvalue weighted by atomic mass is 32.1. The molecule has 0 spiro atoms. The second-order valence-corrected chi connectivity index (χ2v) is 5.58. The molecule has 0 aliphatic rings. The molecule has 0 aliphatic heterocycles. The molecule has 0 N–H and O–H groups in total. The third kappa shape index (κ3) is 3.17. The van der Waals surface area contributed by atoms with E-state index >= 15 is 0 Å². The van der Waals surface area contributed by atoms with Crippen LogP contribution in [-0.2, 0) is 9.53 Å². The lowest BCUT2D eigenvalue weighted by molar-refractivity contribution is -0.142. The molecule has 0 bridgehead atoms. The molecule has 1 amide bonds. The second-order valence-electron chi connectivity index (χ2n) is 4.72. The van der Waals surface area contributed by atoms with Crippen LogP contribution in [0.4, 0.5) is 5.69 Å². The Hall–Kier alpha value is -2.21. The topological polar surface area (TPSA) is 59.5 Å². The van der Waals surface area contributed by atoms with Crippen LogP contribution in [0.15, 0.2) is 35.8 Å². The summed E-state index contributed by atoms with van der Waals surface area (Å²) in [5, 5.41) is 0. The first-order chi connectivity index (χ1) is 10.6. The summed E-state index contributed by atoms with van der Waals surface area (Å²) in [5.74, 6) is -0.662. The molecule has 0 aliphatic carbocycles. The molecule has 0 saturated heterocycles. The van der Waals surface area contributed by atoms with Gasteiger partial charge in [-0.25, -0.2) is 9.78 Å². The van der Waals surface area contributed by atoms with E-state index in [4.69, 9.17) is 4.74 Å². The Balaban J connectivity index is 2.48. The minimum absolute atomic E-state index is 0.233. The van der Waals surface area contributed by atoms with E-state index in [9.17, 15) is 9.59 Å². The van der Waals surface area contributed by atoms with Gasteiger partial charge in [-0.05, 0) is 25.5 Å². The summed E-state index contributed by atoms with van der Waals surface area (Å²) >= 11 is 1.27. The van der Waals surface area contributed by atoms with Gasteiger partial charge in [0, 0.05) is 5.69 Å². The largest absolute Gasteiger partial charge is 0.467 e. The zero-order valence-corrected chi connectivity index (χ0v) is 13.6. The fourth-order valence-electron chi connectivity index (χ4n) is 2.23. The molecule has 5 nitrogen and oxygen atoms in total. The fourth-order valence-corrected chi connectivity index (χ4v) is 2.97. The number of amides is 1. The van der Waals surface area contributed by atoms with E-state index in [-0.39, 0.29) is 5.91 Å². The number of hydrogen-bond acceptors (Lipinski definition) is 5. The Labute approximate surface area is 133 Å². The Morgan fingerprint density at radius 1 is 1.32 bits per heavy atom. The third-order valence-electron chi connectivity index (χ3n) is 3.36. The molecule has 6 heteroatoms. The molecule has 2 rings (SSSR count). The Morgan fingerprint density at radius 2 is 2.00 bits per heavy atom. The number of nitrogens with zero attached hydrogens (tertiary/aromatic N) is 2. The number of benzene rings is 1. The van der Waals surface area contributed by atoms with Crippen molar-refractivity contribution in [2.75, 3.05) is 12.0 Å². The number of hydrogen-bond donors (Lipinski definition) is 0. The van der Waals surface area contributed by atoms with Gasteiger partial charge in [0.25, 0.3) is 5.91 Å². The number of rotatable bonds is 5. The quantitative estimate of drug-likeness (QED) is 0.795. The molecule has 1 aromatic carbocycles. The molecule has 1 atom stereocenters. The van der Waals surface area contributed by atoms with E-state index < -0.39 is 12.0 Å². The van der Waals surface area contributed by atoms with Gasteiger partial charge >= 0.3 is 5.97 Å². The molecule has 1 heterocycles. The molecule has 0 radical (unpaired) electrons. The molecular formula is C16H18N2O3S. The Bertz CT molecular complexity index is 654. The highest BCUT2D eigenvalue weighted by molar-refractivity contribution is 7.12. The van der Waals surface area contributed by atoms with Crippen molar-refractivity contribution in [1.29, 1.82) is 0 Å². The molecule has 22 heavy (non-hydrogen) atoms. The molecule has 2 aromatic rings. The zero-order valence-electron chi connectivity index (χ0n) is 12.8. The lowest BCUT2D eigenvalue weighted by Gasteiger charge is -2.29. The van der Waals surface area contributed by atoms with Gasteiger partial charge in [0.05, 0.1) is 18.3 Å². The number of para-hydroxylation sites is 1. The SMILES string of the molecule is CC[C@H](C(=O)OC)N(C(=O)c1scnc1C)c1ccccc1. The fraction of sp³-hybridized carbons (Fsp3) is 0.312. The number of aryl methyl sites for hydroxylation is 1. The van der Waals surface area contributed by atoms with Crippen LogP contribution in [0.5, 0.6) is 0 Å². The van der Waals surface area contributed by atoms with E-state index in [2.05, 4.69) is 4.98 Å². The van der Waals surface area contributed by atoms with Gasteiger partial charge in [-0.3, -0.25) is 9.69 Å². The molecule has 1 aromatic heterocycles. The van der Waals surface area contributed by atoms with E-state index in [0.29, 0.717) is 22.7 Å². The van der Waals surface area contributed by atoms with Gasteiger partial charge in [-0.1, -0.05) is 25.1 Å². The first kappa shape index (κ1) is 16.2. The van der Waals surface area contributed by atoms with Crippen molar-refractivity contribution in [2.45, 2.75) is 26.3 Å². The minimum Gasteiger partial charge on any atom is -0.467 e. The summed E-state index contributed by atoms with van der Waals surface area (Å²) in [6.07, 6.45) is 0.463. The van der Waals surface area contributed by atoms with Crippen LogP contribution in [0.1, 0.15) is 28.7 Å². The maximum absolute atomic E-state index is 12.9. The van der Waals surface area contributed by atoms with Crippen molar-refractivity contribution in [3.8, 4) is 0 Å². The zero-order chi connectivity index (χ0) is 16.1. The molecule has 0 saturated carbocycles. The summed E-state index contributed by atoms with van der Waals surface area (Å²) < 4.78 is 4.86. The van der Waals surface area contributed by atoms with Crippen molar-refractivity contribution in [2.24, 2.45) is 0 Å². The lowest BCUT2D eigenvalue weighted by atomic mass is 10.1. The highest BCUT2D eigenvalue weighted by Gasteiger charge is 2.32. The number of methoxy groups -OCH3 is 1. The number of carbonyl (C=O) groups is 2. The first-order valence-electron chi connectivity index (χ1n) is 6.96. The van der Waals surface area contributed by atoms with E-state index in [1.54, 1.807) is 24.6 Å². The van der Waals surface area contributed by atoms with Gasteiger partial charge < -0.3 is 4.74 Å². The summed E-state index contributed by atoms with van der Waals surface area (Å²) in [5.41, 5.74) is 2.96. The van der Waals surface area contributed by atoms with Crippen molar-refractivity contribution >= 4 is 28.9 Å². The van der Waals surface area contributed by atoms with E-state index in [1.165, 1.54) is 23.3 Å². The lowest BCUT2D eigenvalue weighted by Crippen LogP contribution is -2.45. The normalized spacial score (nSPS) is 11.8. The second kappa shape index (κ2) is 7.17. The average molecular weight is 318 g/mol. The molecule has 0 unspecified atom stereocenters. The maximum atomic E-state index is 12.9. The summed E-state index contributed by atoms with van der Waals surface area (Å²) in [6.45, 7) is 3.64. The van der Waals surface area contributed by atoms with Crippen LogP contribution in [0.25, 0.3) is 0 Å². The van der Waals surface area contributed by atoms with Crippen LogP contribution in [-0.4, -0.2) is 30.0 Å². The summed E-state index contributed by atoms with van der Waals surface area (Å²) in [6, 6.07) is 8.47. The van der Waals surface area contributed by atoms with Crippen molar-refractivity contribution < 1.29 is 14.3 Å². The standard InChI is InChI=1S/C16H18N2O3S/c1-4-13(16(20)21-3)18(12-8-6-5-7-9-12)15(19)14-11(2)17-10-22-14/h5-10,13H,4H2,1-3H3/t13-/m1/s1. The highest BCUT2D eigenvalue weighted by Crippen LogP contribution is 2.25. The first-order valence-corrected chi connectivity index (χ1v) is 7.84. The Kier molecular flexibility index (Phi) is 5.27. The number of esters is 1. The van der Waals surface area contributed by atoms with Crippen molar-refractivity contribution in [3.63, 3.8) is 0 Å². The number of carbonyl (C=O) groups excluding carboxylic acids is 2.